The van der Waals surface area contributed by atoms with Gasteiger partial charge in [-0.25, -0.2) is 5.43 Å². The van der Waals surface area contributed by atoms with Crippen molar-refractivity contribution in [3.63, 3.8) is 0 Å². The zero-order valence-electron chi connectivity index (χ0n) is 14.3. The highest BCUT2D eigenvalue weighted by Crippen LogP contribution is 2.29. The highest BCUT2D eigenvalue weighted by atomic mass is 79.9. The Bertz CT molecular complexity index is 824. The normalized spacial score (nSPS) is 10.4. The van der Waals surface area contributed by atoms with E-state index in [4.69, 9.17) is 9.47 Å². The van der Waals surface area contributed by atoms with E-state index in [1.54, 1.807) is 36.4 Å². The lowest BCUT2D eigenvalue weighted by molar-refractivity contribution is -0.126. The number of hydrogen-bond acceptors (Lipinski definition) is 5. The second-order valence-corrected chi connectivity index (χ2v) is 5.94. The molecular formula is C18H18BrN3O4. The summed E-state index contributed by atoms with van der Waals surface area (Å²) in [4.78, 5) is 23.8. The molecule has 0 aromatic heterocycles. The standard InChI is InChI=1S/C18H18BrN3O4/c1-25-15-9-5-6-12(18(15)26-2)11-20-22-17(24)10-16(23)21-14-8-4-3-7-13(14)19/h3-9,11H,10H2,1-2H3,(H,21,23)(H,22,24). The minimum absolute atomic E-state index is 0.353. The molecule has 2 amide bonds. The molecule has 0 aliphatic carbocycles. The largest absolute Gasteiger partial charge is 0.493 e. The third-order valence-corrected chi connectivity index (χ3v) is 3.99. The third kappa shape index (κ3) is 5.32. The quantitative estimate of drug-likeness (QED) is 0.410. The number of hydrogen-bond donors (Lipinski definition) is 2. The van der Waals surface area contributed by atoms with Crippen molar-refractivity contribution in [2.24, 2.45) is 5.10 Å². The lowest BCUT2D eigenvalue weighted by atomic mass is 10.2. The molecule has 0 heterocycles. The molecule has 2 rings (SSSR count). The summed E-state index contributed by atoms with van der Waals surface area (Å²) >= 11 is 3.32. The first-order chi connectivity index (χ1) is 12.5. The number of halogens is 1. The second-order valence-electron chi connectivity index (χ2n) is 5.08. The van der Waals surface area contributed by atoms with Gasteiger partial charge in [-0.2, -0.15) is 5.10 Å². The van der Waals surface area contributed by atoms with Crippen LogP contribution in [0.15, 0.2) is 52.0 Å². The average Bonchev–Trinajstić information content (AvgIpc) is 2.63. The summed E-state index contributed by atoms with van der Waals surface area (Å²) in [6.45, 7) is 0. The van der Waals surface area contributed by atoms with Gasteiger partial charge in [0.1, 0.15) is 6.42 Å². The fourth-order valence-corrected chi connectivity index (χ4v) is 2.51. The van der Waals surface area contributed by atoms with Crippen LogP contribution < -0.4 is 20.2 Å². The van der Waals surface area contributed by atoms with E-state index in [2.05, 4.69) is 31.8 Å². The maximum Gasteiger partial charge on any atom is 0.249 e. The van der Waals surface area contributed by atoms with Crippen LogP contribution in [0.5, 0.6) is 11.5 Å². The fraction of sp³-hybridized carbons (Fsp3) is 0.167. The number of amides is 2. The number of carbonyl (C=O) groups is 2. The van der Waals surface area contributed by atoms with Gasteiger partial charge in [0.2, 0.25) is 11.8 Å². The Hall–Kier alpha value is -2.87. The van der Waals surface area contributed by atoms with Crippen molar-refractivity contribution >= 4 is 39.6 Å². The van der Waals surface area contributed by atoms with Crippen molar-refractivity contribution in [2.75, 3.05) is 19.5 Å². The molecular weight excluding hydrogens is 402 g/mol. The van der Waals surface area contributed by atoms with Crippen LogP contribution in [-0.4, -0.2) is 32.2 Å². The molecule has 0 atom stereocenters. The number of nitrogens with one attached hydrogen (secondary N) is 2. The van der Waals surface area contributed by atoms with E-state index in [9.17, 15) is 9.59 Å². The van der Waals surface area contributed by atoms with Gasteiger partial charge in [-0.05, 0) is 40.2 Å². The number of benzene rings is 2. The smallest absolute Gasteiger partial charge is 0.249 e. The molecule has 136 valence electrons. The molecule has 0 saturated heterocycles. The van der Waals surface area contributed by atoms with Crippen LogP contribution in [0.25, 0.3) is 0 Å². The second kappa shape index (κ2) is 9.57. The van der Waals surface area contributed by atoms with Crippen LogP contribution in [0, 0.1) is 0 Å². The predicted octanol–water partition coefficient (Wildman–Crippen LogP) is 2.95. The van der Waals surface area contributed by atoms with Gasteiger partial charge in [-0.1, -0.05) is 18.2 Å². The maximum absolute atomic E-state index is 11.9. The molecule has 7 nitrogen and oxygen atoms in total. The summed E-state index contributed by atoms with van der Waals surface area (Å²) in [5.74, 6) is 0.0755. The Morgan fingerprint density at radius 1 is 1.08 bits per heavy atom. The zero-order chi connectivity index (χ0) is 18.9. The number of nitrogens with zero attached hydrogens (tertiary/aromatic N) is 1. The molecule has 0 radical (unpaired) electrons. The number of ether oxygens (including phenoxy) is 2. The highest BCUT2D eigenvalue weighted by Gasteiger charge is 2.11. The molecule has 0 fully saturated rings. The van der Waals surface area contributed by atoms with Crippen LogP contribution in [0.3, 0.4) is 0 Å². The number of rotatable bonds is 7. The van der Waals surface area contributed by atoms with Crippen molar-refractivity contribution in [1.82, 2.24) is 5.43 Å². The zero-order valence-corrected chi connectivity index (χ0v) is 15.9. The molecule has 2 aromatic carbocycles. The maximum atomic E-state index is 11.9. The average molecular weight is 420 g/mol. The molecule has 0 saturated carbocycles. The lowest BCUT2D eigenvalue weighted by Gasteiger charge is -2.09. The first-order valence-corrected chi connectivity index (χ1v) is 8.41. The van der Waals surface area contributed by atoms with Crippen LogP contribution in [0.1, 0.15) is 12.0 Å². The van der Waals surface area contributed by atoms with Gasteiger partial charge in [-0.3, -0.25) is 9.59 Å². The minimum Gasteiger partial charge on any atom is -0.493 e. The van der Waals surface area contributed by atoms with E-state index in [-0.39, 0.29) is 6.42 Å². The van der Waals surface area contributed by atoms with Crippen LogP contribution in [0.4, 0.5) is 5.69 Å². The predicted molar refractivity (Wildman–Crippen MR) is 103 cm³/mol. The van der Waals surface area contributed by atoms with Gasteiger partial charge in [0.05, 0.1) is 26.1 Å². The van der Waals surface area contributed by atoms with Crippen molar-refractivity contribution in [2.45, 2.75) is 6.42 Å². The first-order valence-electron chi connectivity index (χ1n) is 7.62. The fourth-order valence-electron chi connectivity index (χ4n) is 2.13. The molecule has 8 heteroatoms. The molecule has 0 bridgehead atoms. The topological polar surface area (TPSA) is 89.0 Å². The highest BCUT2D eigenvalue weighted by molar-refractivity contribution is 9.10. The van der Waals surface area contributed by atoms with Gasteiger partial charge in [-0.15, -0.1) is 0 Å². The monoisotopic (exact) mass is 419 g/mol. The summed E-state index contributed by atoms with van der Waals surface area (Å²) in [5, 5.41) is 6.50. The number of para-hydroxylation sites is 2. The summed E-state index contributed by atoms with van der Waals surface area (Å²) in [7, 11) is 3.05. The van der Waals surface area contributed by atoms with Gasteiger partial charge in [0, 0.05) is 10.0 Å². The van der Waals surface area contributed by atoms with Crippen molar-refractivity contribution in [3.05, 3.63) is 52.5 Å². The van der Waals surface area contributed by atoms with Crippen molar-refractivity contribution in [1.29, 1.82) is 0 Å². The Labute approximate surface area is 159 Å². The Balaban J connectivity index is 1.91. The minimum atomic E-state index is -0.535. The first kappa shape index (κ1) is 19.5. The van der Waals surface area contributed by atoms with Crippen molar-refractivity contribution < 1.29 is 19.1 Å². The summed E-state index contributed by atoms with van der Waals surface area (Å²) < 4.78 is 11.2. The van der Waals surface area contributed by atoms with E-state index in [1.807, 2.05) is 6.07 Å². The van der Waals surface area contributed by atoms with Gasteiger partial charge < -0.3 is 14.8 Å². The molecule has 0 unspecified atom stereocenters. The van der Waals surface area contributed by atoms with E-state index in [1.165, 1.54) is 20.4 Å². The number of methoxy groups -OCH3 is 2. The Morgan fingerprint density at radius 2 is 1.85 bits per heavy atom. The van der Waals surface area contributed by atoms with E-state index < -0.39 is 11.8 Å². The Kier molecular flexibility index (Phi) is 7.16. The SMILES string of the molecule is COc1cccc(C=NNC(=O)CC(=O)Nc2ccccc2Br)c1OC. The van der Waals surface area contributed by atoms with E-state index in [0.29, 0.717) is 22.7 Å². The third-order valence-electron chi connectivity index (χ3n) is 3.30. The van der Waals surface area contributed by atoms with E-state index >= 15 is 0 Å². The van der Waals surface area contributed by atoms with Gasteiger partial charge in [0.15, 0.2) is 11.5 Å². The number of anilines is 1. The van der Waals surface area contributed by atoms with Gasteiger partial charge in [0.25, 0.3) is 0 Å². The molecule has 2 N–H and O–H groups in total. The summed E-state index contributed by atoms with van der Waals surface area (Å²) in [6.07, 6.45) is 1.07. The van der Waals surface area contributed by atoms with Crippen molar-refractivity contribution in [3.8, 4) is 11.5 Å². The molecule has 0 aliphatic rings. The summed E-state index contributed by atoms with van der Waals surface area (Å²) in [6, 6.07) is 12.4. The number of carbonyl (C=O) groups excluding carboxylic acids is 2. The molecule has 2 aromatic rings. The lowest BCUT2D eigenvalue weighted by Crippen LogP contribution is -2.24. The molecule has 0 spiro atoms. The van der Waals surface area contributed by atoms with Crippen LogP contribution in [-0.2, 0) is 9.59 Å². The Morgan fingerprint density at radius 3 is 2.54 bits per heavy atom. The van der Waals surface area contributed by atoms with Crippen LogP contribution >= 0.6 is 15.9 Å². The van der Waals surface area contributed by atoms with Gasteiger partial charge >= 0.3 is 0 Å². The van der Waals surface area contributed by atoms with E-state index in [0.717, 1.165) is 4.47 Å². The summed E-state index contributed by atoms with van der Waals surface area (Å²) in [5.41, 5.74) is 3.53. The molecule has 26 heavy (non-hydrogen) atoms. The number of hydrazone groups is 1. The van der Waals surface area contributed by atoms with Crippen LogP contribution in [0.2, 0.25) is 0 Å². The molecule has 0 aliphatic heterocycles.